The molecule has 1 saturated heterocycles. The first-order valence-electron chi connectivity index (χ1n) is 1.92. The molecule has 0 bridgehead atoms. The Kier molecular flexibility index (Phi) is 0.821. The molecule has 2 nitrogen and oxygen atoms in total. The van der Waals surface area contributed by atoms with E-state index in [1.165, 1.54) is 0 Å². The molecule has 35 valence electrons. The zero-order valence-electron chi connectivity index (χ0n) is 3.89. The van der Waals surface area contributed by atoms with Crippen LogP contribution in [0.1, 0.15) is 6.92 Å². The van der Waals surface area contributed by atoms with Gasteiger partial charge in [0.25, 0.3) is 6.29 Å². The van der Waals surface area contributed by atoms with Crippen molar-refractivity contribution in [1.29, 1.82) is 0 Å². The zero-order valence-corrected chi connectivity index (χ0v) is 3.89. The third-order valence-electron chi connectivity index (χ3n) is 0.769. The van der Waals surface area contributed by atoms with Gasteiger partial charge in [-0.2, -0.15) is 0 Å². The van der Waals surface area contributed by atoms with Crippen molar-refractivity contribution in [3.63, 3.8) is 0 Å². The van der Waals surface area contributed by atoms with E-state index in [1.807, 2.05) is 6.92 Å². The third-order valence-corrected chi connectivity index (χ3v) is 0.769. The lowest BCUT2D eigenvalue weighted by atomic mass is 10.5. The monoisotopic (exact) mass is 87.0 g/mol. The highest BCUT2D eigenvalue weighted by atomic mass is 16.8. The van der Waals surface area contributed by atoms with Gasteiger partial charge in [-0.15, -0.1) is 0 Å². The van der Waals surface area contributed by atoms with Crippen LogP contribution in [0.4, 0.5) is 0 Å². The van der Waals surface area contributed by atoms with Crippen molar-refractivity contribution >= 4 is 0 Å². The second kappa shape index (κ2) is 1.21. The Morgan fingerprint density at radius 2 is 2.33 bits per heavy atom. The van der Waals surface area contributed by atoms with Gasteiger partial charge in [-0.25, -0.2) is 0 Å². The molecule has 0 aromatic carbocycles. The van der Waals surface area contributed by atoms with Crippen molar-refractivity contribution in [2.24, 2.45) is 0 Å². The van der Waals surface area contributed by atoms with E-state index in [-0.39, 0.29) is 6.10 Å². The van der Waals surface area contributed by atoms with Crippen LogP contribution in [0.3, 0.4) is 0 Å². The normalized spacial score (nSPS) is 34.0. The Bertz CT molecular complexity index is 51.5. The summed E-state index contributed by atoms with van der Waals surface area (Å²) < 4.78 is 9.43. The predicted molar refractivity (Wildman–Crippen MR) is 20.8 cm³/mol. The Morgan fingerprint density at radius 1 is 1.83 bits per heavy atom. The summed E-state index contributed by atoms with van der Waals surface area (Å²) in [6.45, 7) is 1.94. The summed E-state index contributed by atoms with van der Waals surface area (Å²) in [5.41, 5.74) is 0. The molecule has 1 atom stereocenters. The number of methoxy groups -OCH3 is 1. The highest BCUT2D eigenvalue weighted by Crippen LogP contribution is 2.29. The van der Waals surface area contributed by atoms with E-state index in [0.717, 1.165) is 6.29 Å². The van der Waals surface area contributed by atoms with Crippen molar-refractivity contribution in [2.45, 2.75) is 13.0 Å². The maximum atomic E-state index is 4.76. The van der Waals surface area contributed by atoms with Gasteiger partial charge in [0.1, 0.15) is 6.10 Å². The van der Waals surface area contributed by atoms with E-state index in [9.17, 15) is 0 Å². The van der Waals surface area contributed by atoms with Crippen LogP contribution in [-0.2, 0) is 9.47 Å². The molecule has 0 aliphatic carbocycles. The smallest absolute Gasteiger partial charge is 0.253 e. The minimum atomic E-state index is 0.259. The van der Waals surface area contributed by atoms with Gasteiger partial charge in [0.05, 0.1) is 0 Å². The van der Waals surface area contributed by atoms with Gasteiger partial charge in [-0.1, -0.05) is 0 Å². The van der Waals surface area contributed by atoms with Crippen LogP contribution in [0.5, 0.6) is 0 Å². The number of rotatable bonds is 1. The molecule has 6 heavy (non-hydrogen) atoms. The molecule has 1 radical (unpaired) electrons. The number of ether oxygens (including phenoxy) is 2. The fourth-order valence-corrected chi connectivity index (χ4v) is 0.354. The average molecular weight is 87.1 g/mol. The molecular weight excluding hydrogens is 80.0 g/mol. The maximum absolute atomic E-state index is 4.76. The molecule has 0 saturated carbocycles. The SMILES string of the molecule is CO[C]1OC1C. The molecule has 0 aromatic rings. The molecule has 2 heteroatoms. The van der Waals surface area contributed by atoms with Crippen molar-refractivity contribution in [2.75, 3.05) is 7.11 Å². The van der Waals surface area contributed by atoms with E-state index in [2.05, 4.69) is 4.74 Å². The predicted octanol–water partition coefficient (Wildman–Crippen LogP) is 0.541. The molecule has 0 N–H and O–H groups in total. The Morgan fingerprint density at radius 3 is 2.33 bits per heavy atom. The van der Waals surface area contributed by atoms with Crippen LogP contribution < -0.4 is 0 Å². The second-order valence-corrected chi connectivity index (χ2v) is 1.28. The molecule has 1 aliphatic heterocycles. The largest absolute Gasteiger partial charge is 0.347 e. The molecule has 0 aromatic heterocycles. The van der Waals surface area contributed by atoms with Crippen LogP contribution >= 0.6 is 0 Å². The van der Waals surface area contributed by atoms with Crippen molar-refractivity contribution < 1.29 is 9.47 Å². The quantitative estimate of drug-likeness (QED) is 0.435. The highest BCUT2D eigenvalue weighted by molar-refractivity contribution is 4.89. The molecule has 1 rings (SSSR count). The van der Waals surface area contributed by atoms with E-state index >= 15 is 0 Å². The summed E-state index contributed by atoms with van der Waals surface area (Å²) in [5, 5.41) is 0. The molecule has 1 fully saturated rings. The van der Waals surface area contributed by atoms with Gasteiger partial charge in [0.2, 0.25) is 0 Å². The number of hydrogen-bond donors (Lipinski definition) is 0. The maximum Gasteiger partial charge on any atom is 0.253 e. The van der Waals surface area contributed by atoms with E-state index in [1.54, 1.807) is 7.11 Å². The summed E-state index contributed by atoms with van der Waals surface area (Å²) in [6.07, 6.45) is 1.02. The summed E-state index contributed by atoms with van der Waals surface area (Å²) >= 11 is 0. The fourth-order valence-electron chi connectivity index (χ4n) is 0.354. The van der Waals surface area contributed by atoms with Gasteiger partial charge in [0.15, 0.2) is 0 Å². The van der Waals surface area contributed by atoms with Gasteiger partial charge in [-0.05, 0) is 6.92 Å². The second-order valence-electron chi connectivity index (χ2n) is 1.28. The lowest BCUT2D eigenvalue weighted by Crippen LogP contribution is -1.79. The summed E-state index contributed by atoms with van der Waals surface area (Å²) in [6, 6.07) is 0. The van der Waals surface area contributed by atoms with Gasteiger partial charge >= 0.3 is 0 Å². The first-order valence-corrected chi connectivity index (χ1v) is 1.92. The summed E-state index contributed by atoms with van der Waals surface area (Å²) in [7, 11) is 1.61. The minimum Gasteiger partial charge on any atom is -0.347 e. The summed E-state index contributed by atoms with van der Waals surface area (Å²) in [4.78, 5) is 0. The van der Waals surface area contributed by atoms with E-state index < -0.39 is 0 Å². The fraction of sp³-hybridized carbons (Fsp3) is 0.750. The molecule has 0 amide bonds. The van der Waals surface area contributed by atoms with Crippen molar-refractivity contribution in [3.8, 4) is 0 Å². The highest BCUT2D eigenvalue weighted by Gasteiger charge is 2.36. The number of epoxide rings is 1. The van der Waals surface area contributed by atoms with E-state index in [0.29, 0.717) is 0 Å². The molecular formula is C4H7O2. The Labute approximate surface area is 37.1 Å². The Hall–Kier alpha value is -0.0800. The number of hydrogen-bond acceptors (Lipinski definition) is 2. The molecule has 0 spiro atoms. The lowest BCUT2D eigenvalue weighted by molar-refractivity contribution is 0.182. The standard InChI is InChI=1S/C4H7O2/c1-3-4(5-2)6-3/h3H,1-2H3. The molecule has 1 heterocycles. The zero-order chi connectivity index (χ0) is 4.57. The van der Waals surface area contributed by atoms with Gasteiger partial charge in [-0.3, -0.25) is 0 Å². The topological polar surface area (TPSA) is 21.8 Å². The van der Waals surface area contributed by atoms with Crippen molar-refractivity contribution in [1.82, 2.24) is 0 Å². The van der Waals surface area contributed by atoms with Crippen LogP contribution in [-0.4, -0.2) is 13.2 Å². The van der Waals surface area contributed by atoms with E-state index in [4.69, 9.17) is 4.74 Å². The minimum absolute atomic E-state index is 0.259. The van der Waals surface area contributed by atoms with Crippen molar-refractivity contribution in [3.05, 3.63) is 6.29 Å². The van der Waals surface area contributed by atoms with Crippen LogP contribution in [0.15, 0.2) is 0 Å². The van der Waals surface area contributed by atoms with Gasteiger partial charge in [0, 0.05) is 7.11 Å². The molecule has 1 unspecified atom stereocenters. The van der Waals surface area contributed by atoms with Crippen LogP contribution in [0, 0.1) is 6.29 Å². The van der Waals surface area contributed by atoms with Crippen LogP contribution in [0.2, 0.25) is 0 Å². The average Bonchev–Trinajstić information content (AvgIpc) is 2.19. The van der Waals surface area contributed by atoms with Crippen LogP contribution in [0.25, 0.3) is 0 Å². The van der Waals surface area contributed by atoms with Gasteiger partial charge < -0.3 is 9.47 Å². The summed E-state index contributed by atoms with van der Waals surface area (Å²) in [5.74, 6) is 0. The first kappa shape index (κ1) is 4.09. The third kappa shape index (κ3) is 0.533. The first-order chi connectivity index (χ1) is 2.84. The lowest BCUT2D eigenvalue weighted by Gasteiger charge is -1.76. The molecule has 1 aliphatic rings. The Balaban J connectivity index is 2.09.